The Morgan fingerprint density at radius 3 is 1.58 bits per heavy atom. The van der Waals surface area contributed by atoms with Crippen molar-refractivity contribution >= 4 is 94.4 Å². The maximum absolute atomic E-state index is 6.53. The highest BCUT2D eigenvalue weighted by atomic mass is 28.3. The van der Waals surface area contributed by atoms with Gasteiger partial charge in [0, 0.05) is 43.6 Å². The van der Waals surface area contributed by atoms with Gasteiger partial charge in [-0.25, -0.2) is 0 Å². The van der Waals surface area contributed by atoms with Crippen LogP contribution in [0.25, 0.3) is 88.1 Å². The lowest BCUT2D eigenvalue weighted by Gasteiger charge is -2.34. The molecule has 3 aromatic heterocycles. The molecule has 0 unspecified atom stereocenters. The molecule has 3 nitrogen and oxygen atoms in total. The normalized spacial score (nSPS) is 12.1. The Morgan fingerprint density at radius 1 is 0.328 bits per heavy atom. The Labute approximate surface area is 371 Å². The van der Waals surface area contributed by atoms with Crippen LogP contribution in [0.4, 0.5) is 0 Å². The quantitative estimate of drug-likeness (QED) is 0.116. The molecule has 10 aromatic carbocycles. The van der Waals surface area contributed by atoms with Gasteiger partial charge in [0.1, 0.15) is 11.2 Å². The Bertz CT molecular complexity index is 3800. The molecule has 4 heteroatoms. The molecule has 0 aliphatic rings. The van der Waals surface area contributed by atoms with Crippen molar-refractivity contribution in [1.82, 2.24) is 9.13 Å². The summed E-state index contributed by atoms with van der Waals surface area (Å²) in [5.41, 5.74) is 11.0. The van der Waals surface area contributed by atoms with Crippen LogP contribution in [0.1, 0.15) is 0 Å². The number of para-hydroxylation sites is 4. The van der Waals surface area contributed by atoms with Gasteiger partial charge >= 0.3 is 0 Å². The van der Waals surface area contributed by atoms with Gasteiger partial charge < -0.3 is 13.6 Å². The summed E-state index contributed by atoms with van der Waals surface area (Å²) >= 11 is 0. The van der Waals surface area contributed by atoms with Gasteiger partial charge in [-0.1, -0.05) is 188 Å². The molecule has 0 bridgehead atoms. The van der Waals surface area contributed by atoms with Crippen LogP contribution in [-0.2, 0) is 0 Å². The van der Waals surface area contributed by atoms with Crippen molar-refractivity contribution in [3.8, 4) is 22.5 Å². The van der Waals surface area contributed by atoms with Crippen LogP contribution in [0.5, 0.6) is 0 Å². The molecule has 0 aliphatic heterocycles. The molecule has 0 aliphatic carbocycles. The van der Waals surface area contributed by atoms with Gasteiger partial charge in [0.2, 0.25) is 0 Å². The molecule has 13 aromatic rings. The molecule has 0 spiro atoms. The maximum Gasteiger partial charge on any atom is 0.179 e. The van der Waals surface area contributed by atoms with Crippen molar-refractivity contribution in [1.29, 1.82) is 0 Å². The summed E-state index contributed by atoms with van der Waals surface area (Å²) in [6, 6.07) is 89.2. The van der Waals surface area contributed by atoms with Crippen molar-refractivity contribution in [2.45, 2.75) is 0 Å². The Morgan fingerprint density at radius 2 is 0.859 bits per heavy atom. The van der Waals surface area contributed by atoms with Gasteiger partial charge in [0.05, 0.1) is 27.8 Å². The lowest BCUT2D eigenvalue weighted by Crippen LogP contribution is -2.74. The van der Waals surface area contributed by atoms with E-state index in [1.165, 1.54) is 58.8 Å². The van der Waals surface area contributed by atoms with Crippen LogP contribution in [-0.4, -0.2) is 17.2 Å². The second kappa shape index (κ2) is 14.5. The number of hydrogen-bond acceptors (Lipinski definition) is 1. The zero-order valence-corrected chi connectivity index (χ0v) is 35.9. The van der Waals surface area contributed by atoms with Gasteiger partial charge in [-0.15, -0.1) is 0 Å². The van der Waals surface area contributed by atoms with E-state index >= 15 is 0 Å². The minimum absolute atomic E-state index is 0.909. The summed E-state index contributed by atoms with van der Waals surface area (Å²) in [4.78, 5) is 0. The molecule has 0 atom stereocenters. The van der Waals surface area contributed by atoms with Gasteiger partial charge in [0.15, 0.2) is 8.07 Å². The fraction of sp³-hybridized carbons (Fsp3) is 0. The standard InChI is InChI=1S/C60H40N2OSi/c1-4-20-43(21-5-1)64(44-22-6-2-7-23-44,45-24-8-3-9-25-45)46-26-16-19-42(40-46)61-54-33-14-11-29-51(54)59-56(61)34-18-35-57(59)62-53-32-13-10-27-48(53)52-39-41(37-38-55(52)62)47-30-17-31-50-49-28-12-15-36-58(49)63-60(47)50/h1-40H. The van der Waals surface area contributed by atoms with E-state index in [-0.39, 0.29) is 0 Å². The maximum atomic E-state index is 6.53. The Hall–Kier alpha value is -8.18. The van der Waals surface area contributed by atoms with Crippen molar-refractivity contribution in [2.75, 3.05) is 0 Å². The smallest absolute Gasteiger partial charge is 0.179 e. The first kappa shape index (κ1) is 36.5. The van der Waals surface area contributed by atoms with E-state index in [1.807, 2.05) is 6.07 Å². The summed E-state index contributed by atoms with van der Waals surface area (Å²) in [5.74, 6) is 0. The highest BCUT2D eigenvalue weighted by Gasteiger charge is 2.41. The summed E-state index contributed by atoms with van der Waals surface area (Å²) in [6.07, 6.45) is 0. The number of furan rings is 1. The highest BCUT2D eigenvalue weighted by molar-refractivity contribution is 7.19. The van der Waals surface area contributed by atoms with Crippen LogP contribution in [0, 0.1) is 0 Å². The zero-order chi connectivity index (χ0) is 42.2. The van der Waals surface area contributed by atoms with E-state index < -0.39 is 8.07 Å². The number of rotatable bonds is 7. The summed E-state index contributed by atoms with van der Waals surface area (Å²) < 4.78 is 11.5. The van der Waals surface area contributed by atoms with E-state index in [2.05, 4.69) is 246 Å². The number of nitrogens with zero attached hydrogens (tertiary/aromatic N) is 2. The minimum atomic E-state index is -2.77. The second-order valence-electron chi connectivity index (χ2n) is 16.8. The molecule has 0 N–H and O–H groups in total. The first-order valence-corrected chi connectivity index (χ1v) is 24.0. The van der Waals surface area contributed by atoms with Crippen molar-refractivity contribution in [2.24, 2.45) is 0 Å². The molecule has 0 amide bonds. The fourth-order valence-corrected chi connectivity index (χ4v) is 15.6. The first-order valence-electron chi connectivity index (χ1n) is 22.0. The van der Waals surface area contributed by atoms with Crippen LogP contribution >= 0.6 is 0 Å². The average molecular weight is 833 g/mol. The van der Waals surface area contributed by atoms with Crippen LogP contribution < -0.4 is 20.7 Å². The molecule has 0 radical (unpaired) electrons. The van der Waals surface area contributed by atoms with Gasteiger partial charge in [0.25, 0.3) is 0 Å². The van der Waals surface area contributed by atoms with E-state index in [0.717, 1.165) is 50.0 Å². The number of aromatic nitrogens is 2. The third-order valence-electron chi connectivity index (χ3n) is 13.5. The number of hydrogen-bond donors (Lipinski definition) is 0. The van der Waals surface area contributed by atoms with E-state index in [4.69, 9.17) is 4.42 Å². The van der Waals surface area contributed by atoms with Gasteiger partial charge in [-0.3, -0.25) is 0 Å². The molecule has 0 fully saturated rings. The second-order valence-corrected chi connectivity index (χ2v) is 20.6. The molecule has 0 saturated heterocycles. The van der Waals surface area contributed by atoms with Crippen molar-refractivity contribution in [3.05, 3.63) is 243 Å². The van der Waals surface area contributed by atoms with Crippen LogP contribution in [0.2, 0.25) is 0 Å². The average Bonchev–Trinajstić information content (AvgIpc) is 4.03. The zero-order valence-electron chi connectivity index (χ0n) is 34.9. The lowest BCUT2D eigenvalue weighted by atomic mass is 10.0. The van der Waals surface area contributed by atoms with Crippen molar-refractivity contribution < 1.29 is 4.42 Å². The third kappa shape index (κ3) is 5.33. The van der Waals surface area contributed by atoms with E-state index in [0.29, 0.717) is 0 Å². The largest absolute Gasteiger partial charge is 0.455 e. The van der Waals surface area contributed by atoms with Crippen molar-refractivity contribution in [3.63, 3.8) is 0 Å². The molecular formula is C60H40N2OSi. The molecule has 13 rings (SSSR count). The summed E-state index contributed by atoms with van der Waals surface area (Å²) in [5, 5.41) is 12.6. The van der Waals surface area contributed by atoms with Crippen LogP contribution in [0.3, 0.4) is 0 Å². The molecular weight excluding hydrogens is 793 g/mol. The third-order valence-corrected chi connectivity index (χ3v) is 18.2. The number of benzene rings is 10. The van der Waals surface area contributed by atoms with E-state index in [1.54, 1.807) is 0 Å². The predicted molar refractivity (Wildman–Crippen MR) is 271 cm³/mol. The Kier molecular flexibility index (Phi) is 8.23. The number of fused-ring (bicyclic) bond motifs is 9. The summed E-state index contributed by atoms with van der Waals surface area (Å²) in [7, 11) is -2.77. The Balaban J connectivity index is 1.04. The SMILES string of the molecule is c1ccc([Si](c2ccccc2)(c2ccccc2)c2cccc(-n3c4ccccc4c4c(-n5c6ccccc6c6cc(-c7cccc8c7oc7ccccc78)ccc65)cccc43)c2)cc1. The lowest BCUT2D eigenvalue weighted by molar-refractivity contribution is 0.670. The first-order chi connectivity index (χ1) is 31.8. The monoisotopic (exact) mass is 832 g/mol. The molecule has 64 heavy (non-hydrogen) atoms. The van der Waals surface area contributed by atoms with E-state index in [9.17, 15) is 0 Å². The topological polar surface area (TPSA) is 23.0 Å². The predicted octanol–water partition coefficient (Wildman–Crippen LogP) is 12.8. The highest BCUT2D eigenvalue weighted by Crippen LogP contribution is 2.42. The van der Waals surface area contributed by atoms with Gasteiger partial charge in [-0.05, 0) is 80.9 Å². The summed E-state index contributed by atoms with van der Waals surface area (Å²) in [6.45, 7) is 0. The molecule has 3 heterocycles. The molecule has 0 saturated carbocycles. The van der Waals surface area contributed by atoms with Gasteiger partial charge in [-0.2, -0.15) is 0 Å². The minimum Gasteiger partial charge on any atom is -0.455 e. The van der Waals surface area contributed by atoms with Crippen LogP contribution in [0.15, 0.2) is 247 Å². The molecule has 300 valence electrons. The fourth-order valence-electron chi connectivity index (χ4n) is 10.8.